The van der Waals surface area contributed by atoms with Gasteiger partial charge in [-0.3, -0.25) is 4.98 Å². The van der Waals surface area contributed by atoms with Crippen LogP contribution in [-0.2, 0) is 6.54 Å². The Morgan fingerprint density at radius 2 is 1.65 bits per heavy atom. The highest BCUT2D eigenvalue weighted by Gasteiger charge is 1.99. The molecule has 0 radical (unpaired) electrons. The average molecular weight is 261 g/mol. The maximum atomic E-state index is 4.42. The summed E-state index contributed by atoms with van der Waals surface area (Å²) < 4.78 is 0. The second-order valence-corrected chi connectivity index (χ2v) is 4.49. The molecule has 2 aromatic heterocycles. The van der Waals surface area contributed by atoms with Crippen molar-refractivity contribution in [3.8, 4) is 11.3 Å². The van der Waals surface area contributed by atoms with Crippen LogP contribution in [0.2, 0.25) is 0 Å². The standard InChI is InChI=1S/C17H15N3/c1-2-6-14(7-3-1)12-19-17-10-9-15(13-20-17)16-8-4-5-11-18-16/h1-11,13H,12H2,(H,19,20). The summed E-state index contributed by atoms with van der Waals surface area (Å²) in [5.41, 5.74) is 3.20. The summed E-state index contributed by atoms with van der Waals surface area (Å²) in [5, 5.41) is 3.31. The van der Waals surface area contributed by atoms with E-state index >= 15 is 0 Å². The minimum atomic E-state index is 0.775. The third kappa shape index (κ3) is 3.01. The van der Waals surface area contributed by atoms with Crippen LogP contribution in [0.25, 0.3) is 11.3 Å². The number of benzene rings is 1. The van der Waals surface area contributed by atoms with Crippen LogP contribution in [-0.4, -0.2) is 9.97 Å². The van der Waals surface area contributed by atoms with Crippen molar-refractivity contribution in [2.75, 3.05) is 5.32 Å². The zero-order chi connectivity index (χ0) is 13.6. The van der Waals surface area contributed by atoms with E-state index in [2.05, 4.69) is 27.4 Å². The van der Waals surface area contributed by atoms with Gasteiger partial charge in [0.2, 0.25) is 0 Å². The number of anilines is 1. The summed E-state index contributed by atoms with van der Waals surface area (Å²) in [5.74, 6) is 0.869. The Kier molecular flexibility index (Phi) is 3.69. The van der Waals surface area contributed by atoms with E-state index in [-0.39, 0.29) is 0 Å². The molecule has 0 unspecified atom stereocenters. The molecule has 0 spiro atoms. The first-order valence-electron chi connectivity index (χ1n) is 6.57. The molecule has 0 fully saturated rings. The summed E-state index contributed by atoms with van der Waals surface area (Å²) in [7, 11) is 0. The molecule has 3 aromatic rings. The van der Waals surface area contributed by atoms with Crippen LogP contribution < -0.4 is 5.32 Å². The van der Waals surface area contributed by atoms with Gasteiger partial charge in [-0.15, -0.1) is 0 Å². The first-order chi connectivity index (χ1) is 9.92. The predicted molar refractivity (Wildman–Crippen MR) is 81.2 cm³/mol. The van der Waals surface area contributed by atoms with Crippen molar-refractivity contribution < 1.29 is 0 Å². The van der Waals surface area contributed by atoms with E-state index in [1.807, 2.05) is 54.7 Å². The number of nitrogens with one attached hydrogen (secondary N) is 1. The molecule has 20 heavy (non-hydrogen) atoms. The van der Waals surface area contributed by atoms with Crippen LogP contribution >= 0.6 is 0 Å². The molecule has 0 bridgehead atoms. The van der Waals surface area contributed by atoms with Crippen molar-refractivity contribution in [2.45, 2.75) is 6.54 Å². The molecule has 0 atom stereocenters. The van der Waals surface area contributed by atoms with Gasteiger partial charge in [0.15, 0.2) is 0 Å². The quantitative estimate of drug-likeness (QED) is 0.777. The van der Waals surface area contributed by atoms with E-state index in [1.165, 1.54) is 5.56 Å². The van der Waals surface area contributed by atoms with Gasteiger partial charge >= 0.3 is 0 Å². The molecule has 1 N–H and O–H groups in total. The van der Waals surface area contributed by atoms with Crippen molar-refractivity contribution in [1.29, 1.82) is 0 Å². The largest absolute Gasteiger partial charge is 0.366 e. The molecule has 98 valence electrons. The number of nitrogens with zero attached hydrogens (tertiary/aromatic N) is 2. The summed E-state index contributed by atoms with van der Waals surface area (Å²) in [6, 6.07) is 20.2. The van der Waals surface area contributed by atoms with Crippen LogP contribution in [0.3, 0.4) is 0 Å². The third-order valence-electron chi connectivity index (χ3n) is 3.04. The molecule has 0 aliphatic heterocycles. The molecular weight excluding hydrogens is 246 g/mol. The molecule has 0 aliphatic carbocycles. The lowest BCUT2D eigenvalue weighted by Gasteiger charge is -2.06. The molecule has 0 aliphatic rings. The number of pyridine rings is 2. The van der Waals surface area contributed by atoms with Gasteiger partial charge < -0.3 is 5.32 Å². The van der Waals surface area contributed by atoms with E-state index in [1.54, 1.807) is 6.20 Å². The van der Waals surface area contributed by atoms with Gasteiger partial charge in [-0.25, -0.2) is 4.98 Å². The number of aromatic nitrogens is 2. The van der Waals surface area contributed by atoms with Crippen LogP contribution in [0, 0.1) is 0 Å². The Morgan fingerprint density at radius 3 is 2.35 bits per heavy atom. The highest BCUT2D eigenvalue weighted by molar-refractivity contribution is 5.59. The molecular formula is C17H15N3. The number of hydrogen-bond acceptors (Lipinski definition) is 3. The molecule has 0 amide bonds. The molecule has 2 heterocycles. The summed E-state index contributed by atoms with van der Waals surface area (Å²) >= 11 is 0. The highest BCUT2D eigenvalue weighted by Crippen LogP contribution is 2.16. The van der Waals surface area contributed by atoms with Crippen LogP contribution in [0.5, 0.6) is 0 Å². The van der Waals surface area contributed by atoms with Crippen molar-refractivity contribution in [3.05, 3.63) is 78.6 Å². The maximum Gasteiger partial charge on any atom is 0.126 e. The zero-order valence-electron chi connectivity index (χ0n) is 11.0. The number of hydrogen-bond donors (Lipinski definition) is 1. The fraction of sp³-hybridized carbons (Fsp3) is 0.0588. The van der Waals surface area contributed by atoms with Gasteiger partial charge in [0.05, 0.1) is 5.69 Å². The fourth-order valence-corrected chi connectivity index (χ4v) is 1.97. The number of rotatable bonds is 4. The Bertz CT molecular complexity index is 649. The van der Waals surface area contributed by atoms with E-state index in [0.717, 1.165) is 23.6 Å². The molecule has 0 saturated carbocycles. The van der Waals surface area contributed by atoms with Gasteiger partial charge in [0.1, 0.15) is 5.82 Å². The fourth-order valence-electron chi connectivity index (χ4n) is 1.97. The van der Waals surface area contributed by atoms with Gasteiger partial charge in [-0.2, -0.15) is 0 Å². The summed E-state index contributed by atoms with van der Waals surface area (Å²) in [4.78, 5) is 8.73. The first-order valence-corrected chi connectivity index (χ1v) is 6.57. The summed E-state index contributed by atoms with van der Waals surface area (Å²) in [6.45, 7) is 0.775. The van der Waals surface area contributed by atoms with E-state index in [0.29, 0.717) is 0 Å². The average Bonchev–Trinajstić information content (AvgIpc) is 2.55. The Balaban J connectivity index is 1.68. The van der Waals surface area contributed by atoms with Gasteiger partial charge in [-0.1, -0.05) is 36.4 Å². The van der Waals surface area contributed by atoms with Gasteiger partial charge in [0, 0.05) is 24.5 Å². The minimum absolute atomic E-state index is 0.775. The normalized spacial score (nSPS) is 10.2. The molecule has 3 nitrogen and oxygen atoms in total. The van der Waals surface area contributed by atoms with E-state index in [9.17, 15) is 0 Å². The lowest BCUT2D eigenvalue weighted by molar-refractivity contribution is 1.11. The maximum absolute atomic E-state index is 4.42. The Labute approximate surface area is 118 Å². The van der Waals surface area contributed by atoms with E-state index < -0.39 is 0 Å². The lowest BCUT2D eigenvalue weighted by Crippen LogP contribution is -2.00. The molecule has 0 saturated heterocycles. The van der Waals surface area contributed by atoms with Crippen LogP contribution in [0.1, 0.15) is 5.56 Å². The minimum Gasteiger partial charge on any atom is -0.366 e. The second-order valence-electron chi connectivity index (χ2n) is 4.49. The van der Waals surface area contributed by atoms with Crippen LogP contribution in [0.4, 0.5) is 5.82 Å². The zero-order valence-corrected chi connectivity index (χ0v) is 11.0. The Hall–Kier alpha value is -2.68. The van der Waals surface area contributed by atoms with E-state index in [4.69, 9.17) is 0 Å². The monoisotopic (exact) mass is 261 g/mol. The topological polar surface area (TPSA) is 37.8 Å². The Morgan fingerprint density at radius 1 is 0.800 bits per heavy atom. The molecule has 1 aromatic carbocycles. The molecule has 3 rings (SSSR count). The van der Waals surface area contributed by atoms with Crippen molar-refractivity contribution in [3.63, 3.8) is 0 Å². The SMILES string of the molecule is c1ccc(CNc2ccc(-c3ccccn3)cn2)cc1. The van der Waals surface area contributed by atoms with Crippen LogP contribution in [0.15, 0.2) is 73.1 Å². The van der Waals surface area contributed by atoms with Gasteiger partial charge in [-0.05, 0) is 29.8 Å². The van der Waals surface area contributed by atoms with Crippen molar-refractivity contribution in [1.82, 2.24) is 9.97 Å². The smallest absolute Gasteiger partial charge is 0.126 e. The lowest BCUT2D eigenvalue weighted by atomic mass is 10.2. The third-order valence-corrected chi connectivity index (χ3v) is 3.04. The highest BCUT2D eigenvalue weighted by atomic mass is 15.0. The van der Waals surface area contributed by atoms with Crippen molar-refractivity contribution in [2.24, 2.45) is 0 Å². The second kappa shape index (κ2) is 5.97. The summed E-state index contributed by atoms with van der Waals surface area (Å²) in [6.07, 6.45) is 3.63. The van der Waals surface area contributed by atoms with Gasteiger partial charge in [0.25, 0.3) is 0 Å². The predicted octanol–water partition coefficient (Wildman–Crippen LogP) is 3.76. The van der Waals surface area contributed by atoms with Crippen molar-refractivity contribution >= 4 is 5.82 Å². The first kappa shape index (κ1) is 12.4. The molecule has 3 heteroatoms.